The highest BCUT2D eigenvalue weighted by Gasteiger charge is 2.54. The molecule has 0 aliphatic heterocycles. The molecule has 0 spiro atoms. The molecule has 0 aliphatic carbocycles. The van der Waals surface area contributed by atoms with Gasteiger partial charge in [0.2, 0.25) is 6.10 Å². The van der Waals surface area contributed by atoms with Gasteiger partial charge in [0.15, 0.2) is 0 Å². The third kappa shape index (κ3) is 3.96. The lowest BCUT2D eigenvalue weighted by Crippen LogP contribution is -2.33. The lowest BCUT2D eigenvalue weighted by atomic mass is 10.2. The van der Waals surface area contributed by atoms with Gasteiger partial charge in [0.25, 0.3) is 0 Å². The topological polar surface area (TPSA) is 56.3 Å². The maximum atomic E-state index is 12.6. The van der Waals surface area contributed by atoms with Crippen LogP contribution in [0.15, 0.2) is 18.2 Å². The Morgan fingerprint density at radius 2 is 1.70 bits per heavy atom. The Labute approximate surface area is 113 Å². The maximum Gasteiger partial charge on any atom is 0.523 e. The fourth-order valence-corrected chi connectivity index (χ4v) is 1.76. The van der Waals surface area contributed by atoms with Gasteiger partial charge < -0.3 is 0 Å². The summed E-state index contributed by atoms with van der Waals surface area (Å²) >= 11 is 5.29. The quantitative estimate of drug-likeness (QED) is 0.366. The van der Waals surface area contributed by atoms with E-state index in [1.54, 1.807) is 0 Å². The molecular weight excluding hydrogens is 340 g/mol. The van der Waals surface area contributed by atoms with Gasteiger partial charge in [-0.1, -0.05) is 17.7 Å². The van der Waals surface area contributed by atoms with E-state index in [-0.39, 0.29) is 0 Å². The largest absolute Gasteiger partial charge is 0.523 e. The van der Waals surface area contributed by atoms with E-state index in [0.717, 1.165) is 12.1 Å². The van der Waals surface area contributed by atoms with E-state index in [1.165, 1.54) is 0 Å². The molecule has 0 bridgehead atoms. The van der Waals surface area contributed by atoms with Gasteiger partial charge in [-0.15, -0.1) is 0 Å². The first kappa shape index (κ1) is 17.0. The Bertz CT molecular complexity index is 585. The van der Waals surface area contributed by atoms with Gasteiger partial charge >= 0.3 is 21.8 Å². The molecule has 1 heterocycles. The number of halogens is 7. The van der Waals surface area contributed by atoms with E-state index in [0.29, 0.717) is 6.07 Å². The summed E-state index contributed by atoms with van der Waals surface area (Å²) in [7, 11) is -6.44. The van der Waals surface area contributed by atoms with Crippen molar-refractivity contribution in [1.82, 2.24) is 4.98 Å². The van der Waals surface area contributed by atoms with E-state index >= 15 is 0 Å². The SMILES string of the molecule is O=S(=O)(O[C@@H](c1cccc(Cl)n1)C(F)(F)F)C(F)(F)F. The van der Waals surface area contributed by atoms with Crippen molar-refractivity contribution in [3.8, 4) is 0 Å². The first-order valence-corrected chi connectivity index (χ1v) is 6.32. The van der Waals surface area contributed by atoms with Gasteiger partial charge in [0.1, 0.15) is 5.15 Å². The summed E-state index contributed by atoms with van der Waals surface area (Å²) in [6.07, 6.45) is -8.84. The zero-order chi connectivity index (χ0) is 15.8. The molecule has 0 amide bonds. The maximum absolute atomic E-state index is 12.6. The molecular formula is C8H4ClF6NO3S. The van der Waals surface area contributed by atoms with Crippen molar-refractivity contribution in [1.29, 1.82) is 0 Å². The Hall–Kier alpha value is -1.07. The molecule has 0 saturated carbocycles. The highest BCUT2D eigenvalue weighted by Crippen LogP contribution is 2.39. The number of hydrogen-bond donors (Lipinski definition) is 0. The number of nitrogens with zero attached hydrogens (tertiary/aromatic N) is 1. The van der Waals surface area contributed by atoms with E-state index in [4.69, 9.17) is 11.6 Å². The Morgan fingerprint density at radius 1 is 1.15 bits per heavy atom. The van der Waals surface area contributed by atoms with Gasteiger partial charge in [-0.25, -0.2) is 9.17 Å². The number of hydrogen-bond acceptors (Lipinski definition) is 4. The van der Waals surface area contributed by atoms with Crippen molar-refractivity contribution >= 4 is 21.7 Å². The van der Waals surface area contributed by atoms with Crippen LogP contribution in [0.25, 0.3) is 0 Å². The van der Waals surface area contributed by atoms with E-state index < -0.39 is 38.8 Å². The van der Waals surface area contributed by atoms with Gasteiger partial charge in [-0.2, -0.15) is 34.8 Å². The molecule has 12 heteroatoms. The third-order valence-corrected chi connectivity index (χ3v) is 3.03. The van der Waals surface area contributed by atoms with E-state index in [2.05, 4.69) is 9.17 Å². The minimum atomic E-state index is -6.44. The van der Waals surface area contributed by atoms with Crippen LogP contribution < -0.4 is 0 Å². The average Bonchev–Trinajstić information content (AvgIpc) is 2.22. The molecule has 114 valence electrons. The minimum absolute atomic E-state index is 0.468. The van der Waals surface area contributed by atoms with Crippen LogP contribution in [0.1, 0.15) is 11.8 Å². The predicted octanol–water partition coefficient (Wildman–Crippen LogP) is 3.20. The zero-order valence-corrected chi connectivity index (χ0v) is 10.6. The third-order valence-electron chi connectivity index (χ3n) is 1.81. The summed E-state index contributed by atoms with van der Waals surface area (Å²) in [4.78, 5) is 3.09. The molecule has 0 unspecified atom stereocenters. The van der Waals surface area contributed by atoms with Crippen LogP contribution in [0, 0.1) is 0 Å². The van der Waals surface area contributed by atoms with E-state index in [1.807, 2.05) is 0 Å². The van der Waals surface area contributed by atoms with Crippen molar-refractivity contribution in [2.75, 3.05) is 0 Å². The molecule has 1 atom stereocenters. The van der Waals surface area contributed by atoms with Crippen LogP contribution >= 0.6 is 11.6 Å². The fourth-order valence-electron chi connectivity index (χ4n) is 1.02. The van der Waals surface area contributed by atoms with Gasteiger partial charge in [-0.05, 0) is 12.1 Å². The number of aromatic nitrogens is 1. The standard InChI is InChI=1S/C8H4ClF6NO3S/c9-5-3-1-2-4(16-5)6(7(10,11)12)19-20(17,18)8(13,14)15/h1-3,6H/t6-/m0/s1. The number of rotatable bonds is 3. The van der Waals surface area contributed by atoms with Crippen molar-refractivity contribution in [2.45, 2.75) is 17.8 Å². The van der Waals surface area contributed by atoms with Crippen LogP contribution in [0.5, 0.6) is 0 Å². The van der Waals surface area contributed by atoms with Crippen molar-refractivity contribution in [2.24, 2.45) is 0 Å². The minimum Gasteiger partial charge on any atom is -0.244 e. The first-order chi connectivity index (χ1) is 8.84. The summed E-state index contributed by atoms with van der Waals surface area (Å²) in [5, 5.41) is -0.468. The lowest BCUT2D eigenvalue weighted by Gasteiger charge is -2.20. The van der Waals surface area contributed by atoms with Crippen molar-refractivity contribution in [3.05, 3.63) is 29.0 Å². The molecule has 1 aromatic heterocycles. The zero-order valence-electron chi connectivity index (χ0n) is 9.04. The number of pyridine rings is 1. The monoisotopic (exact) mass is 343 g/mol. The van der Waals surface area contributed by atoms with Gasteiger partial charge in [0.05, 0.1) is 5.69 Å². The molecule has 4 nitrogen and oxygen atoms in total. The molecule has 20 heavy (non-hydrogen) atoms. The predicted molar refractivity (Wildman–Crippen MR) is 54.1 cm³/mol. The Morgan fingerprint density at radius 3 is 2.10 bits per heavy atom. The average molecular weight is 344 g/mol. The van der Waals surface area contributed by atoms with Crippen LogP contribution in [0.2, 0.25) is 5.15 Å². The van der Waals surface area contributed by atoms with E-state index in [9.17, 15) is 34.8 Å². The van der Waals surface area contributed by atoms with Crippen molar-refractivity contribution < 1.29 is 38.9 Å². The second kappa shape index (κ2) is 5.37. The number of alkyl halides is 6. The Balaban J connectivity index is 3.24. The first-order valence-electron chi connectivity index (χ1n) is 4.53. The van der Waals surface area contributed by atoms with Crippen LogP contribution in [-0.2, 0) is 14.3 Å². The van der Waals surface area contributed by atoms with Gasteiger partial charge in [-0.3, -0.25) is 0 Å². The smallest absolute Gasteiger partial charge is 0.244 e. The van der Waals surface area contributed by atoms with Crippen LogP contribution in [0.3, 0.4) is 0 Å². The summed E-state index contributed by atoms with van der Waals surface area (Å²) in [5.74, 6) is 0. The molecule has 0 aliphatic rings. The molecule has 1 aromatic rings. The second-order valence-corrected chi connectivity index (χ2v) is 5.25. The molecule has 1 rings (SSSR count). The molecule has 0 saturated heterocycles. The molecule has 0 aromatic carbocycles. The summed E-state index contributed by atoms with van der Waals surface area (Å²) in [6, 6.07) is 2.64. The highest BCUT2D eigenvalue weighted by molar-refractivity contribution is 7.87. The Kier molecular flexibility index (Phi) is 4.56. The summed E-state index contributed by atoms with van der Waals surface area (Å²) in [6.45, 7) is 0. The van der Waals surface area contributed by atoms with Crippen LogP contribution in [0.4, 0.5) is 26.3 Å². The second-order valence-electron chi connectivity index (χ2n) is 3.30. The van der Waals surface area contributed by atoms with Crippen LogP contribution in [-0.4, -0.2) is 25.1 Å². The summed E-state index contributed by atoms with van der Waals surface area (Å²) < 4.78 is 98.5. The van der Waals surface area contributed by atoms with Crippen molar-refractivity contribution in [3.63, 3.8) is 0 Å². The fraction of sp³-hybridized carbons (Fsp3) is 0.375. The highest BCUT2D eigenvalue weighted by atomic mass is 35.5. The summed E-state index contributed by atoms with van der Waals surface area (Å²) in [5.41, 5.74) is -7.10. The molecule has 0 radical (unpaired) electrons. The molecule has 0 N–H and O–H groups in total. The lowest BCUT2D eigenvalue weighted by molar-refractivity contribution is -0.201. The molecule has 0 fully saturated rings. The normalized spacial score (nSPS) is 15.2. The van der Waals surface area contributed by atoms with Gasteiger partial charge in [0, 0.05) is 0 Å².